The van der Waals surface area contributed by atoms with Crippen molar-refractivity contribution in [1.82, 2.24) is 9.78 Å². The lowest BCUT2D eigenvalue weighted by atomic mass is 10.0. The van der Waals surface area contributed by atoms with E-state index in [-0.39, 0.29) is 0 Å². The first-order valence-electron chi connectivity index (χ1n) is 6.60. The zero-order valence-corrected chi connectivity index (χ0v) is 10.5. The van der Waals surface area contributed by atoms with Crippen molar-refractivity contribution in [2.75, 3.05) is 13.2 Å². The van der Waals surface area contributed by atoms with E-state index in [0.29, 0.717) is 12.5 Å². The third kappa shape index (κ3) is 2.13. The zero-order chi connectivity index (χ0) is 12.4. The molecule has 1 fully saturated rings. The van der Waals surface area contributed by atoms with E-state index < -0.39 is 0 Å². The maximum Gasteiger partial charge on any atom is 0.0838 e. The van der Waals surface area contributed by atoms with Gasteiger partial charge in [0.05, 0.1) is 11.2 Å². The van der Waals surface area contributed by atoms with Gasteiger partial charge in [-0.25, -0.2) is 0 Å². The van der Waals surface area contributed by atoms with Crippen LogP contribution >= 0.6 is 0 Å². The largest absolute Gasteiger partial charge is 0.381 e. The Hall–Kier alpha value is -1.39. The Balaban J connectivity index is 1.91. The molecule has 0 radical (unpaired) electrons. The minimum Gasteiger partial charge on any atom is -0.381 e. The smallest absolute Gasteiger partial charge is 0.0838 e. The highest BCUT2D eigenvalue weighted by atomic mass is 16.5. The van der Waals surface area contributed by atoms with Crippen LogP contribution < -0.4 is 5.73 Å². The van der Waals surface area contributed by atoms with Crippen LogP contribution in [0.5, 0.6) is 0 Å². The van der Waals surface area contributed by atoms with Crippen LogP contribution in [-0.2, 0) is 17.8 Å². The van der Waals surface area contributed by atoms with E-state index in [1.165, 1.54) is 10.9 Å². The molecule has 3 rings (SSSR count). The van der Waals surface area contributed by atoms with Gasteiger partial charge in [0.25, 0.3) is 0 Å². The zero-order valence-electron chi connectivity index (χ0n) is 10.5. The molecule has 1 aromatic heterocycles. The van der Waals surface area contributed by atoms with E-state index in [0.717, 1.165) is 38.3 Å². The molecule has 0 amide bonds. The number of benzene rings is 1. The maximum atomic E-state index is 5.77. The van der Waals surface area contributed by atoms with Gasteiger partial charge in [-0.1, -0.05) is 18.2 Å². The third-order valence-electron chi connectivity index (χ3n) is 3.70. The monoisotopic (exact) mass is 245 g/mol. The fraction of sp³-hybridized carbons (Fsp3) is 0.500. The predicted octanol–water partition coefficient (Wildman–Crippen LogP) is 1.92. The third-order valence-corrected chi connectivity index (χ3v) is 3.70. The van der Waals surface area contributed by atoms with Crippen molar-refractivity contribution >= 4 is 10.9 Å². The Morgan fingerprint density at radius 1 is 1.28 bits per heavy atom. The quantitative estimate of drug-likeness (QED) is 0.899. The van der Waals surface area contributed by atoms with Crippen LogP contribution in [-0.4, -0.2) is 23.0 Å². The molecule has 0 aliphatic carbocycles. The molecule has 0 saturated carbocycles. The molecule has 1 aromatic carbocycles. The first-order valence-corrected chi connectivity index (χ1v) is 6.60. The lowest BCUT2D eigenvalue weighted by molar-refractivity contribution is 0.0605. The van der Waals surface area contributed by atoms with Gasteiger partial charge < -0.3 is 10.5 Å². The summed E-state index contributed by atoms with van der Waals surface area (Å²) in [7, 11) is 0. The molecule has 18 heavy (non-hydrogen) atoms. The Labute approximate surface area is 107 Å². The number of nitrogens with zero attached hydrogens (tertiary/aromatic N) is 2. The van der Waals surface area contributed by atoms with Crippen LogP contribution in [0.2, 0.25) is 0 Å². The van der Waals surface area contributed by atoms with Crippen LogP contribution in [0, 0.1) is 5.92 Å². The molecule has 0 unspecified atom stereocenters. The van der Waals surface area contributed by atoms with E-state index in [9.17, 15) is 0 Å². The summed E-state index contributed by atoms with van der Waals surface area (Å²) in [6.07, 6.45) is 2.26. The summed E-state index contributed by atoms with van der Waals surface area (Å²) in [5.74, 6) is 0.674. The Kier molecular flexibility index (Phi) is 3.30. The van der Waals surface area contributed by atoms with Crippen molar-refractivity contribution in [1.29, 1.82) is 0 Å². The first kappa shape index (κ1) is 11.7. The summed E-state index contributed by atoms with van der Waals surface area (Å²) in [5, 5.41) is 5.84. The van der Waals surface area contributed by atoms with Crippen LogP contribution in [0.15, 0.2) is 24.3 Å². The van der Waals surface area contributed by atoms with Gasteiger partial charge in [-0.15, -0.1) is 0 Å². The van der Waals surface area contributed by atoms with Crippen molar-refractivity contribution < 1.29 is 4.74 Å². The summed E-state index contributed by atoms with van der Waals surface area (Å²) >= 11 is 0. The molecule has 1 aliphatic rings. The predicted molar refractivity (Wildman–Crippen MR) is 71.2 cm³/mol. The second kappa shape index (κ2) is 5.08. The van der Waals surface area contributed by atoms with Gasteiger partial charge in [0, 0.05) is 31.7 Å². The number of ether oxygens (including phenoxy) is 1. The highest BCUT2D eigenvalue weighted by Gasteiger charge is 2.17. The van der Waals surface area contributed by atoms with Crippen molar-refractivity contribution in [3.63, 3.8) is 0 Å². The van der Waals surface area contributed by atoms with E-state index in [1.807, 2.05) is 6.07 Å². The van der Waals surface area contributed by atoms with Gasteiger partial charge in [-0.05, 0) is 24.8 Å². The average Bonchev–Trinajstić information content (AvgIpc) is 2.78. The molecule has 1 aliphatic heterocycles. The molecule has 0 bridgehead atoms. The number of fused-ring (bicyclic) bond motifs is 1. The van der Waals surface area contributed by atoms with Crippen molar-refractivity contribution in [2.45, 2.75) is 25.9 Å². The minimum atomic E-state index is 0.501. The molecule has 0 spiro atoms. The SMILES string of the molecule is NCc1nn(CC2CCOCC2)c2ccccc12. The number of hydrogen-bond acceptors (Lipinski definition) is 3. The molecule has 2 N–H and O–H groups in total. The van der Waals surface area contributed by atoms with Crippen molar-refractivity contribution in [3.8, 4) is 0 Å². The van der Waals surface area contributed by atoms with Crippen molar-refractivity contribution in [2.24, 2.45) is 11.7 Å². The molecular formula is C14H19N3O. The number of rotatable bonds is 3. The molecule has 0 atom stereocenters. The molecule has 1 saturated heterocycles. The molecular weight excluding hydrogens is 226 g/mol. The highest BCUT2D eigenvalue weighted by molar-refractivity contribution is 5.81. The first-order chi connectivity index (χ1) is 8.88. The van der Waals surface area contributed by atoms with Gasteiger partial charge in [0.1, 0.15) is 0 Å². The number of aromatic nitrogens is 2. The molecule has 2 heterocycles. The summed E-state index contributed by atoms with van der Waals surface area (Å²) in [4.78, 5) is 0. The number of para-hydroxylation sites is 1. The fourth-order valence-electron chi connectivity index (χ4n) is 2.66. The summed E-state index contributed by atoms with van der Waals surface area (Å²) in [6.45, 7) is 3.24. The van der Waals surface area contributed by atoms with Gasteiger partial charge in [-0.2, -0.15) is 5.10 Å². The van der Waals surface area contributed by atoms with E-state index in [1.54, 1.807) is 0 Å². The molecule has 2 aromatic rings. The lowest BCUT2D eigenvalue weighted by Gasteiger charge is -2.22. The lowest BCUT2D eigenvalue weighted by Crippen LogP contribution is -2.21. The fourth-order valence-corrected chi connectivity index (χ4v) is 2.66. The number of hydrogen-bond donors (Lipinski definition) is 1. The second-order valence-corrected chi connectivity index (χ2v) is 4.91. The minimum absolute atomic E-state index is 0.501. The number of nitrogens with two attached hydrogens (primary N) is 1. The standard InChI is InChI=1S/C14H19N3O/c15-9-13-12-3-1-2-4-14(12)17(16-13)10-11-5-7-18-8-6-11/h1-4,11H,5-10,15H2. The van der Waals surface area contributed by atoms with Crippen LogP contribution in [0.4, 0.5) is 0 Å². The van der Waals surface area contributed by atoms with Gasteiger partial charge >= 0.3 is 0 Å². The van der Waals surface area contributed by atoms with E-state index >= 15 is 0 Å². The van der Waals surface area contributed by atoms with Gasteiger partial charge in [-0.3, -0.25) is 4.68 Å². The van der Waals surface area contributed by atoms with E-state index in [4.69, 9.17) is 10.5 Å². The van der Waals surface area contributed by atoms with E-state index in [2.05, 4.69) is 28.0 Å². The average molecular weight is 245 g/mol. The summed E-state index contributed by atoms with van der Waals surface area (Å²) in [6, 6.07) is 8.33. The molecule has 96 valence electrons. The second-order valence-electron chi connectivity index (χ2n) is 4.91. The van der Waals surface area contributed by atoms with Crippen LogP contribution in [0.1, 0.15) is 18.5 Å². The summed E-state index contributed by atoms with van der Waals surface area (Å²) in [5.41, 5.74) is 7.96. The Bertz CT molecular complexity index is 529. The summed E-state index contributed by atoms with van der Waals surface area (Å²) < 4.78 is 7.52. The van der Waals surface area contributed by atoms with Crippen LogP contribution in [0.25, 0.3) is 10.9 Å². The van der Waals surface area contributed by atoms with Crippen molar-refractivity contribution in [3.05, 3.63) is 30.0 Å². The maximum absolute atomic E-state index is 5.77. The molecule has 4 nitrogen and oxygen atoms in total. The molecule has 4 heteroatoms. The normalized spacial score (nSPS) is 17.4. The Morgan fingerprint density at radius 2 is 2.06 bits per heavy atom. The van der Waals surface area contributed by atoms with Crippen LogP contribution in [0.3, 0.4) is 0 Å². The Morgan fingerprint density at radius 3 is 2.83 bits per heavy atom. The van der Waals surface area contributed by atoms with Gasteiger partial charge in [0.15, 0.2) is 0 Å². The van der Waals surface area contributed by atoms with Gasteiger partial charge in [0.2, 0.25) is 0 Å². The highest BCUT2D eigenvalue weighted by Crippen LogP contribution is 2.22. The topological polar surface area (TPSA) is 53.1 Å².